The number of aliphatic hydroxyl groups excluding tert-OH is 1. The molecule has 0 aromatic heterocycles. The van der Waals surface area contributed by atoms with Crippen LogP contribution in [0.4, 0.5) is 4.79 Å². The summed E-state index contributed by atoms with van der Waals surface area (Å²) in [7, 11) is 0. The Labute approximate surface area is 385 Å². The molecule has 5 heterocycles. The van der Waals surface area contributed by atoms with Crippen LogP contribution in [0.5, 0.6) is 0 Å². The van der Waals surface area contributed by atoms with E-state index in [1.54, 1.807) is 6.92 Å². The fourth-order valence-electron chi connectivity index (χ4n) is 11.0. The molecule has 4 N–H and O–H groups in total. The van der Waals surface area contributed by atoms with E-state index < -0.39 is 95.0 Å². The molecule has 18 atom stereocenters. The van der Waals surface area contributed by atoms with E-state index in [0.29, 0.717) is 57.8 Å². The molecule has 15 heteroatoms. The number of nitrogens with one attached hydrogen (secondary N) is 2. The third-order valence-corrected chi connectivity index (χ3v) is 15.3. The van der Waals surface area contributed by atoms with E-state index in [-0.39, 0.29) is 71.6 Å². The van der Waals surface area contributed by atoms with Crippen LogP contribution in [0.2, 0.25) is 0 Å². The van der Waals surface area contributed by atoms with Gasteiger partial charge in [0.2, 0.25) is 0 Å². The number of aliphatic hydroxyl groups is 2. The van der Waals surface area contributed by atoms with Crippen LogP contribution in [0, 0.1) is 41.4 Å². The molecule has 13 nitrogen and oxygen atoms in total. The number of alkyl halides is 1. The van der Waals surface area contributed by atoms with Crippen LogP contribution in [0.1, 0.15) is 133 Å². The number of amides is 2. The van der Waals surface area contributed by atoms with Crippen molar-refractivity contribution in [2.45, 2.75) is 199 Å². The zero-order valence-electron chi connectivity index (χ0n) is 38.2. The number of hydrogen-bond acceptors (Lipinski definition) is 11. The number of rotatable bonds is 15. The second-order valence-corrected chi connectivity index (χ2v) is 19.4. The first kappa shape index (κ1) is 51.8. The van der Waals surface area contributed by atoms with Crippen LogP contribution in [0.15, 0.2) is 12.2 Å². The predicted molar refractivity (Wildman–Crippen MR) is 221 cm³/mol. The Balaban J connectivity index is 0.00000794. The minimum Gasteiger partial charge on any atom is -0.550 e. The maximum Gasteiger partial charge on any atom is 1.00 e. The number of ketones is 1. The Hall–Kier alpha value is -0.840. The molecule has 0 radical (unpaired) electrons. The third kappa shape index (κ3) is 10.5. The Kier molecular flexibility index (Phi) is 18.1. The van der Waals surface area contributed by atoms with Gasteiger partial charge < -0.3 is 54.4 Å². The largest absolute Gasteiger partial charge is 1.00 e. The van der Waals surface area contributed by atoms with Crippen molar-refractivity contribution in [2.75, 3.05) is 12.4 Å². The van der Waals surface area contributed by atoms with Gasteiger partial charge in [-0.3, -0.25) is 4.79 Å². The van der Waals surface area contributed by atoms with Gasteiger partial charge in [-0.2, -0.15) is 0 Å². The molecule has 2 spiro atoms. The van der Waals surface area contributed by atoms with Crippen molar-refractivity contribution in [3.05, 3.63) is 12.2 Å². The first-order valence-corrected chi connectivity index (χ1v) is 23.1. The van der Waals surface area contributed by atoms with E-state index in [1.807, 2.05) is 60.6 Å². The van der Waals surface area contributed by atoms with Gasteiger partial charge in [-0.25, -0.2) is 4.79 Å². The average molecular weight is 878 g/mol. The minimum absolute atomic E-state index is 0. The molecule has 2 amide bonds. The molecule has 0 aromatic rings. The number of urea groups is 1. The maximum absolute atomic E-state index is 14.6. The molecule has 0 unspecified atom stereocenters. The molecule has 60 heavy (non-hydrogen) atoms. The normalized spacial score (nSPS) is 41.8. The van der Waals surface area contributed by atoms with Gasteiger partial charge in [0.25, 0.3) is 0 Å². The Bertz CT molecular complexity index is 1510. The van der Waals surface area contributed by atoms with Gasteiger partial charge in [-0.15, -0.1) is 11.6 Å². The Morgan fingerprint density at radius 3 is 2.22 bits per heavy atom. The topological polar surface area (TPSA) is 185 Å². The first-order valence-electron chi connectivity index (χ1n) is 22.6. The fourth-order valence-corrected chi connectivity index (χ4v) is 11.1. The van der Waals surface area contributed by atoms with Crippen LogP contribution in [0.3, 0.4) is 0 Å². The zero-order valence-corrected chi connectivity index (χ0v) is 40.9. The summed E-state index contributed by atoms with van der Waals surface area (Å²) >= 11 is 5.88. The summed E-state index contributed by atoms with van der Waals surface area (Å²) < 4.78 is 34.3. The van der Waals surface area contributed by atoms with Crippen molar-refractivity contribution >= 4 is 29.4 Å². The van der Waals surface area contributed by atoms with Gasteiger partial charge in [0, 0.05) is 54.4 Å². The van der Waals surface area contributed by atoms with E-state index >= 15 is 0 Å². The van der Waals surface area contributed by atoms with Gasteiger partial charge >= 0.3 is 35.6 Å². The number of Topliss-reactive ketones (excluding diaryl/α,β-unsaturated/α-hetero) is 1. The van der Waals surface area contributed by atoms with Crippen LogP contribution in [-0.2, 0) is 33.3 Å². The SMILES string of the molecule is CC[C@@H](C(=O)[C@@H](C)[C@@H](O)[C@H](C)[C@@H]1O[C@@H]([C@@H](CC)C(=O)[O-])CC[C@@H]1C)[C@H]1O[C@]2(C=C[C@H](NC(=O)NCCCl)[C@]3(CC[C@@](C)([C@H]4CC[C@](O)(CC)[C@H](C)O4)O3)O2)[C@H](C)C[C@@H]1C.[Na+]. The third-order valence-electron chi connectivity index (χ3n) is 15.1. The predicted octanol–water partition coefficient (Wildman–Crippen LogP) is 2.40. The van der Waals surface area contributed by atoms with Crippen molar-refractivity contribution in [3.63, 3.8) is 0 Å². The molecule has 4 saturated heterocycles. The summed E-state index contributed by atoms with van der Waals surface area (Å²) in [6.45, 7) is 19.8. The standard InChI is InChI=1S/C45H75ClN2O11.Na/c1-11-31(40(51)52)33-15-14-25(4)38(56-33)29(8)36(49)28(7)37(50)32(12-2)39-26(5)24-27(6)44(57-39)19-16-34(48-41(53)47-23-22-46)45(59-44)21-20-42(10,58-45)35-17-18-43(54,13-3)30(9)55-35;/h16,19,25-36,38-39,49,54H,11-15,17-18,20-24H2,1-10H3,(H,51,52)(H2,47,48,53);/q;+1/p-1/t25-,26-,27+,28-,29-,30-,31+,32-,33+,34-,35+,36+,38+,39-,42-,43+,44-,45-;/m0./s1. The van der Waals surface area contributed by atoms with Crippen molar-refractivity contribution in [2.24, 2.45) is 41.4 Å². The molecule has 0 saturated carbocycles. The van der Waals surface area contributed by atoms with Crippen LogP contribution in [-0.4, -0.2) is 106 Å². The molecule has 5 aliphatic rings. The summed E-state index contributed by atoms with van der Waals surface area (Å²) in [6.07, 6.45) is 6.13. The van der Waals surface area contributed by atoms with Crippen molar-refractivity contribution < 1.29 is 82.9 Å². The maximum atomic E-state index is 14.6. The quantitative estimate of drug-likeness (QED) is 0.108. The summed E-state index contributed by atoms with van der Waals surface area (Å²) in [5.41, 5.74) is -1.72. The molecule has 5 aliphatic heterocycles. The molecule has 4 fully saturated rings. The Morgan fingerprint density at radius 1 is 0.933 bits per heavy atom. The van der Waals surface area contributed by atoms with Crippen LogP contribution >= 0.6 is 11.6 Å². The molecule has 338 valence electrons. The molecular weight excluding hydrogens is 803 g/mol. The number of halogens is 1. The summed E-state index contributed by atoms with van der Waals surface area (Å²) in [6, 6.07) is -1.11. The number of aliphatic carboxylic acids is 1. The average Bonchev–Trinajstić information content (AvgIpc) is 3.54. The summed E-state index contributed by atoms with van der Waals surface area (Å²) in [5.74, 6) is -6.24. The second-order valence-electron chi connectivity index (χ2n) is 19.0. The molecule has 0 bridgehead atoms. The fraction of sp³-hybridized carbons (Fsp3) is 0.889. The molecule has 5 rings (SSSR count). The smallest absolute Gasteiger partial charge is 0.550 e. The second kappa shape index (κ2) is 21.0. The number of carbonyl (C=O) groups is 3. The van der Waals surface area contributed by atoms with Crippen molar-refractivity contribution in [3.8, 4) is 0 Å². The Morgan fingerprint density at radius 2 is 1.62 bits per heavy atom. The van der Waals surface area contributed by atoms with Crippen molar-refractivity contribution in [1.82, 2.24) is 10.6 Å². The van der Waals surface area contributed by atoms with Gasteiger partial charge in [0.1, 0.15) is 11.8 Å². The minimum atomic E-state index is -1.35. The van der Waals surface area contributed by atoms with Crippen molar-refractivity contribution in [1.29, 1.82) is 0 Å². The number of carbonyl (C=O) groups excluding carboxylic acids is 3. The van der Waals surface area contributed by atoms with Gasteiger partial charge in [-0.1, -0.05) is 61.5 Å². The summed E-state index contributed by atoms with van der Waals surface area (Å²) in [4.78, 5) is 39.6. The van der Waals surface area contributed by atoms with E-state index in [4.69, 9.17) is 35.3 Å². The van der Waals surface area contributed by atoms with Crippen LogP contribution in [0.25, 0.3) is 0 Å². The van der Waals surface area contributed by atoms with Crippen LogP contribution < -0.4 is 45.3 Å². The zero-order chi connectivity index (χ0) is 43.7. The molecule has 0 aliphatic carbocycles. The number of ether oxygens (including phenoxy) is 5. The van der Waals surface area contributed by atoms with E-state index in [2.05, 4.69) is 24.5 Å². The van der Waals surface area contributed by atoms with E-state index in [9.17, 15) is 29.7 Å². The number of carboxylic acid groups (broad SMARTS) is 1. The number of carboxylic acids is 1. The molecular formula is C45H74ClN2NaO11. The molecule has 0 aromatic carbocycles. The first-order chi connectivity index (χ1) is 27.7. The van der Waals surface area contributed by atoms with E-state index in [1.165, 1.54) is 0 Å². The van der Waals surface area contributed by atoms with E-state index in [0.717, 1.165) is 6.42 Å². The summed E-state index contributed by atoms with van der Waals surface area (Å²) in [5, 5.41) is 40.7. The van der Waals surface area contributed by atoms with Gasteiger partial charge in [0.15, 0.2) is 11.6 Å². The van der Waals surface area contributed by atoms with Gasteiger partial charge in [-0.05, 0) is 89.5 Å². The van der Waals surface area contributed by atoms with Gasteiger partial charge in [0.05, 0.1) is 47.8 Å². The number of hydrogen-bond donors (Lipinski definition) is 4. The monoisotopic (exact) mass is 876 g/mol.